The molecule has 0 atom stereocenters. The third kappa shape index (κ3) is 71.5. The maximum atomic E-state index is 5.16. The van der Waals surface area contributed by atoms with Crippen LogP contribution in [0.3, 0.4) is 0 Å². The molecule has 0 bridgehead atoms. The minimum atomic E-state index is 0. The molecular formula is C60H120Fe2N4S8. The summed E-state index contributed by atoms with van der Waals surface area (Å²) < 4.78 is 2.67. The fourth-order valence-electron chi connectivity index (χ4n) is 8.43. The standard InChI is InChI=1S/4C15H31NS2.2Fe/c4*1-3-5-7-9-11-13-16(15(17)18)14-12-10-8-6-4-2;;/h4*3-14H2,1-2H3,(H,17,18);;/q;;;;2*+2/p-4. The van der Waals surface area contributed by atoms with Crippen molar-refractivity contribution in [2.45, 2.75) is 312 Å². The fourth-order valence-corrected chi connectivity index (χ4v) is 9.89. The van der Waals surface area contributed by atoms with Crippen LogP contribution >= 0.6 is 48.9 Å². The van der Waals surface area contributed by atoms with Gasteiger partial charge in [0.1, 0.15) is 0 Å². The maximum absolute atomic E-state index is 5.16. The van der Waals surface area contributed by atoms with Gasteiger partial charge in [0.25, 0.3) is 0 Å². The largest absolute Gasteiger partial charge is 2.00 e. The molecule has 0 aromatic carbocycles. The smallest absolute Gasteiger partial charge is 0.411 e. The SMILES string of the molecule is CCCCCCCN(CCCCCCC)C(=S)[S-].CCCCCCCN(CCCCCCC)C(=S)[S-].CCCCCCCN(CCCCCCC)C(=S)[S-].CCCCCCCN(CCCCCCC)C(=S)[S-].[Fe+2].[Fe+2]. The quantitative estimate of drug-likeness (QED) is 0.0249. The molecule has 0 rings (SSSR count). The van der Waals surface area contributed by atoms with E-state index in [1.54, 1.807) is 0 Å². The monoisotopic (exact) mass is 1260 g/mol. The van der Waals surface area contributed by atoms with E-state index in [9.17, 15) is 0 Å². The van der Waals surface area contributed by atoms with Gasteiger partial charge in [-0.25, -0.2) is 0 Å². The van der Waals surface area contributed by atoms with Crippen LogP contribution in [0.2, 0.25) is 0 Å². The first-order chi connectivity index (χ1) is 34.9. The molecule has 0 aliphatic carbocycles. The molecule has 0 unspecified atom stereocenters. The molecule has 0 N–H and O–H groups in total. The molecule has 0 aromatic rings. The van der Waals surface area contributed by atoms with Crippen molar-refractivity contribution in [2.75, 3.05) is 52.4 Å². The molecular weight excluding hydrogens is 1140 g/mol. The first-order valence-corrected chi connectivity index (χ1v) is 34.0. The van der Waals surface area contributed by atoms with Crippen LogP contribution in [-0.2, 0) is 84.7 Å². The molecule has 74 heavy (non-hydrogen) atoms. The van der Waals surface area contributed by atoms with Crippen LogP contribution in [0.5, 0.6) is 0 Å². The Bertz CT molecular complexity index is 905. The van der Waals surface area contributed by atoms with Crippen LogP contribution in [0.4, 0.5) is 0 Å². The van der Waals surface area contributed by atoms with Crippen LogP contribution in [0.1, 0.15) is 312 Å². The fraction of sp³-hybridized carbons (Fsp3) is 0.933. The molecule has 0 radical (unpaired) electrons. The van der Waals surface area contributed by atoms with Crippen molar-refractivity contribution in [3.63, 3.8) is 0 Å². The van der Waals surface area contributed by atoms with Gasteiger partial charge < -0.3 is 119 Å². The molecule has 0 amide bonds. The summed E-state index contributed by atoms with van der Waals surface area (Å²) in [6.07, 6.45) is 52.6. The summed E-state index contributed by atoms with van der Waals surface area (Å²) in [5, 5.41) is 0. The summed E-state index contributed by atoms with van der Waals surface area (Å²) in [6.45, 7) is 26.6. The van der Waals surface area contributed by atoms with Crippen LogP contribution in [0, 0.1) is 0 Å². The van der Waals surface area contributed by atoms with E-state index < -0.39 is 0 Å². The van der Waals surface area contributed by atoms with Gasteiger partial charge >= 0.3 is 34.1 Å². The van der Waals surface area contributed by atoms with E-state index in [0.29, 0.717) is 17.3 Å². The van der Waals surface area contributed by atoms with E-state index >= 15 is 0 Å². The summed E-state index contributed by atoms with van der Waals surface area (Å²) in [5.74, 6) is 0. The number of nitrogens with zero attached hydrogens (tertiary/aromatic N) is 4. The van der Waals surface area contributed by atoms with E-state index in [4.69, 9.17) is 99.4 Å². The van der Waals surface area contributed by atoms with Gasteiger partial charge in [-0.3, -0.25) is 0 Å². The first kappa shape index (κ1) is 86.7. The number of rotatable bonds is 48. The average Bonchev–Trinajstić information content (AvgIpc) is 3.35. The minimum Gasteiger partial charge on any atom is -0.411 e. The van der Waals surface area contributed by atoms with Crippen LogP contribution < -0.4 is 0 Å². The van der Waals surface area contributed by atoms with Gasteiger partial charge in [-0.15, -0.1) is 0 Å². The van der Waals surface area contributed by atoms with Crippen molar-refractivity contribution in [2.24, 2.45) is 0 Å². The van der Waals surface area contributed by atoms with E-state index in [-0.39, 0.29) is 34.1 Å². The second-order valence-corrected chi connectivity index (χ2v) is 24.5. The summed E-state index contributed by atoms with van der Waals surface area (Å²) >= 11 is 41.3. The molecule has 444 valence electrons. The third-order valence-corrected chi connectivity index (χ3v) is 15.4. The number of hydrogen-bond donors (Lipinski definition) is 0. The van der Waals surface area contributed by atoms with Gasteiger partial charge in [-0.05, 0) is 51.4 Å². The molecule has 4 nitrogen and oxygen atoms in total. The molecule has 0 saturated carbocycles. The number of thiocarbonyl (C=S) groups is 4. The van der Waals surface area contributed by atoms with Crippen LogP contribution in [0.15, 0.2) is 0 Å². The zero-order valence-electron chi connectivity index (χ0n) is 49.7. The third-order valence-electron chi connectivity index (χ3n) is 13.3. The number of hydrogen-bond acceptors (Lipinski definition) is 8. The Morgan fingerprint density at radius 1 is 0.203 bits per heavy atom. The van der Waals surface area contributed by atoms with Crippen molar-refractivity contribution in [3.05, 3.63) is 0 Å². The van der Waals surface area contributed by atoms with Gasteiger partial charge in [-0.2, -0.15) is 0 Å². The Morgan fingerprint density at radius 3 is 0.378 bits per heavy atom. The molecule has 0 aliphatic rings. The molecule has 0 aliphatic heterocycles. The Labute approximate surface area is 530 Å². The van der Waals surface area contributed by atoms with E-state index in [1.165, 1.54) is 257 Å². The summed E-state index contributed by atoms with van der Waals surface area (Å²) in [5.41, 5.74) is 0. The maximum Gasteiger partial charge on any atom is 2.00 e. The Morgan fingerprint density at radius 2 is 0.297 bits per heavy atom. The summed E-state index contributed by atoms with van der Waals surface area (Å²) in [6, 6.07) is 0. The molecule has 14 heteroatoms. The Hall–Kier alpha value is 1.48. The second-order valence-electron chi connectivity index (χ2n) is 20.3. The summed E-state index contributed by atoms with van der Waals surface area (Å²) in [7, 11) is 0. The van der Waals surface area contributed by atoms with Crippen molar-refractivity contribution in [3.8, 4) is 0 Å². The molecule has 0 spiro atoms. The second kappa shape index (κ2) is 74.5. The van der Waals surface area contributed by atoms with Gasteiger partial charge in [0.2, 0.25) is 0 Å². The van der Waals surface area contributed by atoms with Crippen molar-refractivity contribution < 1.29 is 34.1 Å². The zero-order chi connectivity index (χ0) is 54.6. The normalized spacial score (nSPS) is 10.3. The van der Waals surface area contributed by atoms with Crippen molar-refractivity contribution >= 4 is 117 Å². The van der Waals surface area contributed by atoms with Crippen molar-refractivity contribution in [1.29, 1.82) is 0 Å². The molecule has 0 fully saturated rings. The first-order valence-electron chi connectivity index (χ1n) is 30.7. The van der Waals surface area contributed by atoms with Gasteiger partial charge in [0.15, 0.2) is 0 Å². The predicted molar refractivity (Wildman–Crippen MR) is 356 cm³/mol. The number of unbranched alkanes of at least 4 members (excludes halogenated alkanes) is 32. The van der Waals surface area contributed by atoms with E-state index in [2.05, 4.69) is 75.0 Å². The molecule has 0 heterocycles. The van der Waals surface area contributed by atoms with E-state index in [0.717, 1.165) is 52.4 Å². The predicted octanol–water partition coefficient (Wildman–Crippen LogP) is 20.2. The van der Waals surface area contributed by atoms with Crippen molar-refractivity contribution in [1.82, 2.24) is 19.6 Å². The van der Waals surface area contributed by atoms with Crippen LogP contribution in [-0.4, -0.2) is 89.2 Å². The Balaban J connectivity index is -0.000000206. The molecule has 0 saturated heterocycles. The van der Waals surface area contributed by atoms with Crippen LogP contribution in [0.25, 0.3) is 0 Å². The van der Waals surface area contributed by atoms with E-state index in [1.807, 2.05) is 0 Å². The zero-order valence-corrected chi connectivity index (χ0v) is 58.4. The Kier molecular flexibility index (Phi) is 87.3. The van der Waals surface area contributed by atoms with Gasteiger partial charge in [0, 0.05) is 52.4 Å². The van der Waals surface area contributed by atoms with Gasteiger partial charge in [0.05, 0.1) is 0 Å². The summed E-state index contributed by atoms with van der Waals surface area (Å²) in [4.78, 5) is 8.90. The average molecular weight is 1270 g/mol. The minimum absolute atomic E-state index is 0. The topological polar surface area (TPSA) is 13.0 Å². The molecule has 0 aromatic heterocycles. The van der Waals surface area contributed by atoms with Gasteiger partial charge in [-0.1, -0.05) is 278 Å².